The van der Waals surface area contributed by atoms with E-state index in [-0.39, 0.29) is 18.7 Å². The van der Waals surface area contributed by atoms with Crippen molar-refractivity contribution in [1.82, 2.24) is 13.9 Å². The highest BCUT2D eigenvalue weighted by Crippen LogP contribution is 2.39. The number of thioether (sulfide) groups is 1. The molecule has 4 aromatic rings. The highest BCUT2D eigenvalue weighted by atomic mass is 35.5. The van der Waals surface area contributed by atoms with Crippen LogP contribution in [0.25, 0.3) is 5.69 Å². The number of carboxylic acids is 1. The maximum Gasteiger partial charge on any atom is 0.243 e. The Morgan fingerprint density at radius 3 is 2.25 bits per heavy atom. The molecule has 0 aliphatic heterocycles. The van der Waals surface area contributed by atoms with Gasteiger partial charge in [-0.15, -0.1) is 0 Å². The van der Waals surface area contributed by atoms with Gasteiger partial charge in [0.15, 0.2) is 5.16 Å². The molecule has 0 spiro atoms. The van der Waals surface area contributed by atoms with Gasteiger partial charge in [-0.3, -0.25) is 4.57 Å². The minimum atomic E-state index is -4.63. The summed E-state index contributed by atoms with van der Waals surface area (Å²) in [6, 6.07) is 10.9. The van der Waals surface area contributed by atoms with E-state index in [9.17, 15) is 22.7 Å². The van der Waals surface area contributed by atoms with Gasteiger partial charge < -0.3 is 19.1 Å². The number of aliphatic carboxylic acids is 1. The van der Waals surface area contributed by atoms with Gasteiger partial charge in [0.05, 0.1) is 68.6 Å². The van der Waals surface area contributed by atoms with Gasteiger partial charge in [0.25, 0.3) is 0 Å². The Labute approximate surface area is 306 Å². The molecule has 4 rings (SSSR count). The Kier molecular flexibility index (Phi) is 12.6. The molecule has 3 aromatic carbocycles. The number of aromatic nitrogens is 2. The highest BCUT2D eigenvalue weighted by Gasteiger charge is 2.34. The number of methoxy groups -OCH3 is 1. The van der Waals surface area contributed by atoms with Crippen molar-refractivity contribution in [3.8, 4) is 11.4 Å². The number of quaternary nitrogens is 1. The number of likely N-dealkylation sites (N-methyl/N-ethyl adjacent to an activating group) is 1. The van der Waals surface area contributed by atoms with E-state index >= 15 is 8.78 Å². The fourth-order valence-electron chi connectivity index (χ4n) is 5.75. The lowest BCUT2D eigenvalue weighted by atomic mass is 9.81. The SMILES string of the molecule is CCN([C@@H](CCC[N+](C)(C)C)C(=O)[O-])S(=O)(=O)c1cc(F)c(CSc2ncc(C(C)(C)c3ccc(Cl)c(OC)c3)n2-c2ccc(F)cc2)c(F)c1. The number of carbonyl (C=O) groups excluding carboxylic acids is 1. The number of carbonyl (C=O) groups is 1. The molecule has 0 saturated heterocycles. The Hall–Kier alpha value is -3.56. The molecule has 0 amide bonds. The fraction of sp³-hybridized carbons (Fsp3) is 0.389. The van der Waals surface area contributed by atoms with E-state index < -0.39 is 55.4 Å². The van der Waals surface area contributed by atoms with Crippen LogP contribution in [0.1, 0.15) is 50.4 Å². The van der Waals surface area contributed by atoms with Crippen molar-refractivity contribution >= 4 is 39.4 Å². The molecule has 0 unspecified atom stereocenters. The second kappa shape index (κ2) is 16.0. The van der Waals surface area contributed by atoms with Crippen molar-refractivity contribution in [3.63, 3.8) is 0 Å². The quantitative estimate of drug-likeness (QED) is 0.0991. The summed E-state index contributed by atoms with van der Waals surface area (Å²) in [6.07, 6.45) is 1.98. The zero-order chi connectivity index (χ0) is 37.9. The Morgan fingerprint density at radius 2 is 1.71 bits per heavy atom. The lowest BCUT2D eigenvalue weighted by Gasteiger charge is -2.32. The van der Waals surface area contributed by atoms with Crippen LogP contribution in [0.5, 0.6) is 5.75 Å². The molecular formula is C36H42ClF3N4O5S2. The maximum absolute atomic E-state index is 15.6. The van der Waals surface area contributed by atoms with Gasteiger partial charge in [0, 0.05) is 29.0 Å². The van der Waals surface area contributed by atoms with E-state index in [0.29, 0.717) is 61.2 Å². The van der Waals surface area contributed by atoms with Crippen molar-refractivity contribution in [2.24, 2.45) is 0 Å². The molecule has 1 heterocycles. The first-order valence-corrected chi connectivity index (χ1v) is 18.9. The summed E-state index contributed by atoms with van der Waals surface area (Å²) in [7, 11) is 2.64. The molecular weight excluding hydrogens is 725 g/mol. The number of benzene rings is 3. The monoisotopic (exact) mass is 766 g/mol. The van der Waals surface area contributed by atoms with Crippen molar-refractivity contribution in [1.29, 1.82) is 0 Å². The number of hydrogen-bond donors (Lipinski definition) is 0. The Bertz CT molecular complexity index is 1960. The van der Waals surface area contributed by atoms with Crippen molar-refractivity contribution < 1.29 is 40.7 Å². The van der Waals surface area contributed by atoms with Crippen LogP contribution in [0.4, 0.5) is 13.2 Å². The Balaban J connectivity index is 1.68. The van der Waals surface area contributed by atoms with E-state index in [1.54, 1.807) is 35.0 Å². The molecule has 1 aromatic heterocycles. The summed E-state index contributed by atoms with van der Waals surface area (Å²) < 4.78 is 80.8. The minimum Gasteiger partial charge on any atom is -0.548 e. The number of hydrogen-bond acceptors (Lipinski definition) is 7. The largest absolute Gasteiger partial charge is 0.548 e. The van der Waals surface area contributed by atoms with Crippen LogP contribution in [-0.4, -0.2) is 80.1 Å². The van der Waals surface area contributed by atoms with Crippen LogP contribution in [-0.2, 0) is 26.0 Å². The van der Waals surface area contributed by atoms with Gasteiger partial charge in [-0.1, -0.05) is 50.2 Å². The number of carboxylic acid groups (broad SMARTS) is 1. The summed E-state index contributed by atoms with van der Waals surface area (Å²) in [4.78, 5) is 15.9. The van der Waals surface area contributed by atoms with Gasteiger partial charge in [-0.2, -0.15) is 4.31 Å². The zero-order valence-corrected chi connectivity index (χ0v) is 31.9. The molecule has 1 atom stereocenters. The molecule has 0 aliphatic rings. The molecule has 0 N–H and O–H groups in total. The molecule has 15 heteroatoms. The number of ether oxygens (including phenoxy) is 1. The number of rotatable bonds is 16. The molecule has 0 saturated carbocycles. The van der Waals surface area contributed by atoms with Crippen LogP contribution in [0.3, 0.4) is 0 Å². The first kappa shape index (κ1) is 40.2. The van der Waals surface area contributed by atoms with Gasteiger partial charge in [-0.25, -0.2) is 26.6 Å². The summed E-state index contributed by atoms with van der Waals surface area (Å²) in [5, 5.41) is 12.8. The highest BCUT2D eigenvalue weighted by molar-refractivity contribution is 7.98. The lowest BCUT2D eigenvalue weighted by molar-refractivity contribution is -0.870. The van der Waals surface area contributed by atoms with Crippen molar-refractivity contribution in [3.05, 3.63) is 100 Å². The third-order valence-electron chi connectivity index (χ3n) is 8.63. The third-order valence-corrected chi connectivity index (χ3v) is 11.9. The lowest BCUT2D eigenvalue weighted by Crippen LogP contribution is -2.51. The van der Waals surface area contributed by atoms with E-state index in [2.05, 4.69) is 4.98 Å². The fourth-order valence-corrected chi connectivity index (χ4v) is 8.59. The van der Waals surface area contributed by atoms with Gasteiger partial charge in [-0.05, 0) is 66.9 Å². The van der Waals surface area contributed by atoms with Crippen LogP contribution in [0.15, 0.2) is 70.8 Å². The first-order valence-electron chi connectivity index (χ1n) is 16.1. The zero-order valence-electron chi connectivity index (χ0n) is 29.5. The predicted molar refractivity (Wildman–Crippen MR) is 190 cm³/mol. The third kappa shape index (κ3) is 9.09. The second-order valence-corrected chi connectivity index (χ2v) is 16.8. The van der Waals surface area contributed by atoms with Crippen molar-refractivity contribution in [2.75, 3.05) is 41.3 Å². The summed E-state index contributed by atoms with van der Waals surface area (Å²) >= 11 is 7.27. The van der Waals surface area contributed by atoms with Crippen molar-refractivity contribution in [2.45, 2.75) is 60.9 Å². The minimum absolute atomic E-state index is 0.0321. The van der Waals surface area contributed by atoms with Gasteiger partial charge in [0.2, 0.25) is 10.0 Å². The van der Waals surface area contributed by atoms with Crippen LogP contribution in [0.2, 0.25) is 5.02 Å². The molecule has 0 radical (unpaired) electrons. The molecule has 51 heavy (non-hydrogen) atoms. The van der Waals surface area contributed by atoms with Crippen LogP contribution in [0, 0.1) is 17.5 Å². The van der Waals surface area contributed by atoms with Gasteiger partial charge >= 0.3 is 0 Å². The normalized spacial score (nSPS) is 13.1. The maximum atomic E-state index is 15.6. The number of halogens is 4. The first-order chi connectivity index (χ1) is 23.8. The van der Waals surface area contributed by atoms with E-state index in [4.69, 9.17) is 16.3 Å². The summed E-state index contributed by atoms with van der Waals surface area (Å²) in [5.74, 6) is -4.10. The average Bonchev–Trinajstić information content (AvgIpc) is 3.48. The summed E-state index contributed by atoms with van der Waals surface area (Å²) in [5.41, 5.74) is 0.926. The number of sulfonamides is 1. The van der Waals surface area contributed by atoms with Crippen LogP contribution < -0.4 is 9.84 Å². The van der Waals surface area contributed by atoms with E-state index in [0.717, 1.165) is 17.3 Å². The second-order valence-electron chi connectivity index (χ2n) is 13.6. The average molecular weight is 767 g/mol. The molecule has 276 valence electrons. The standard InChI is InChI=1S/C36H42ClF3N4O5S2/c1-8-42(31(34(45)46)10-9-17-44(4,5)6)51(47,48)26-19-29(39)27(30(40)20-26)22-50-35-41-21-33(43(35)25-14-12-24(38)13-15-25)36(2,3)23-11-16-28(37)32(18-23)49-7/h11-16,18-21,31H,8-10,17,22H2,1-7H3/t31-/m0/s1. The molecule has 0 fully saturated rings. The predicted octanol–water partition coefficient (Wildman–Crippen LogP) is 6.19. The van der Waals surface area contributed by atoms with E-state index in [1.807, 2.05) is 41.1 Å². The molecule has 0 aliphatic carbocycles. The Morgan fingerprint density at radius 1 is 1.08 bits per heavy atom. The smallest absolute Gasteiger partial charge is 0.243 e. The topological polar surface area (TPSA) is 105 Å². The molecule has 0 bridgehead atoms. The number of imidazole rings is 1. The number of nitrogens with zero attached hydrogens (tertiary/aromatic N) is 4. The van der Waals surface area contributed by atoms with E-state index in [1.165, 1.54) is 26.2 Å². The summed E-state index contributed by atoms with van der Waals surface area (Å²) in [6.45, 7) is 5.68. The van der Waals surface area contributed by atoms with Crippen LogP contribution >= 0.6 is 23.4 Å². The van der Waals surface area contributed by atoms with Gasteiger partial charge in [0.1, 0.15) is 23.2 Å². The molecule has 9 nitrogen and oxygen atoms in total.